The number of aryl methyl sites for hydroxylation is 2. The second-order valence-electron chi connectivity index (χ2n) is 5.44. The van der Waals surface area contributed by atoms with Crippen LogP contribution in [0.1, 0.15) is 23.7 Å². The van der Waals surface area contributed by atoms with Crippen LogP contribution in [0.2, 0.25) is 0 Å². The number of hydrogen-bond donors (Lipinski definition) is 1. The second kappa shape index (κ2) is 7.09. The number of nitrogens with two attached hydrogens (primary N) is 1. The predicted octanol–water partition coefficient (Wildman–Crippen LogP) is 3.00. The topological polar surface area (TPSA) is 53.1 Å². The van der Waals surface area contributed by atoms with E-state index in [9.17, 15) is 0 Å². The lowest BCUT2D eigenvalue weighted by Gasteiger charge is -2.16. The van der Waals surface area contributed by atoms with E-state index in [2.05, 4.69) is 40.1 Å². The molecule has 2 rings (SSSR count). The molecule has 0 bridgehead atoms. The lowest BCUT2D eigenvalue weighted by molar-refractivity contribution is 0.312. The molecule has 5 heteroatoms. The highest BCUT2D eigenvalue weighted by Gasteiger charge is 2.11. The third-order valence-corrected chi connectivity index (χ3v) is 3.84. The Balaban J connectivity index is 2.09. The standard InChI is InChI=1S/C16H22BrN3O/c1-11-8-14(17)10-13(9-12(2)18)16(11)21-7-5-15-4-6-19-20(15)3/h4,6,8,10,12H,5,7,9,18H2,1-3H3. The average Bonchev–Trinajstić information content (AvgIpc) is 2.77. The molecule has 21 heavy (non-hydrogen) atoms. The van der Waals surface area contributed by atoms with Crippen molar-refractivity contribution in [1.29, 1.82) is 0 Å². The summed E-state index contributed by atoms with van der Waals surface area (Å²) in [5, 5.41) is 4.17. The van der Waals surface area contributed by atoms with Crippen LogP contribution in [-0.4, -0.2) is 22.4 Å². The molecule has 2 N–H and O–H groups in total. The van der Waals surface area contributed by atoms with Crippen LogP contribution >= 0.6 is 15.9 Å². The lowest BCUT2D eigenvalue weighted by atomic mass is 10.0. The summed E-state index contributed by atoms with van der Waals surface area (Å²) < 4.78 is 8.97. The van der Waals surface area contributed by atoms with E-state index in [1.54, 1.807) is 0 Å². The number of benzene rings is 1. The van der Waals surface area contributed by atoms with Crippen LogP contribution in [0.3, 0.4) is 0 Å². The fourth-order valence-electron chi connectivity index (χ4n) is 2.41. The Labute approximate surface area is 134 Å². The number of ether oxygens (including phenoxy) is 1. The van der Waals surface area contributed by atoms with E-state index >= 15 is 0 Å². The molecule has 1 aromatic carbocycles. The summed E-state index contributed by atoms with van der Waals surface area (Å²) in [4.78, 5) is 0. The first-order valence-electron chi connectivity index (χ1n) is 7.11. The summed E-state index contributed by atoms with van der Waals surface area (Å²) in [5.41, 5.74) is 9.39. The Morgan fingerprint density at radius 2 is 2.19 bits per heavy atom. The summed E-state index contributed by atoms with van der Waals surface area (Å²) in [5.74, 6) is 0.956. The minimum Gasteiger partial charge on any atom is -0.493 e. The Bertz CT molecular complexity index is 608. The van der Waals surface area contributed by atoms with Crippen LogP contribution in [0.25, 0.3) is 0 Å². The first-order valence-corrected chi connectivity index (χ1v) is 7.91. The largest absolute Gasteiger partial charge is 0.493 e. The molecule has 0 saturated heterocycles. The van der Waals surface area contributed by atoms with Gasteiger partial charge in [0.05, 0.1) is 6.61 Å². The first-order chi connectivity index (χ1) is 9.97. The molecule has 0 radical (unpaired) electrons. The van der Waals surface area contributed by atoms with Gasteiger partial charge in [-0.3, -0.25) is 4.68 Å². The SMILES string of the molecule is Cc1cc(Br)cc(CC(C)N)c1OCCc1ccnn1C. The van der Waals surface area contributed by atoms with Crippen molar-refractivity contribution in [3.05, 3.63) is 45.7 Å². The minimum absolute atomic E-state index is 0.109. The molecule has 1 heterocycles. The maximum atomic E-state index is 6.03. The molecule has 0 amide bonds. The number of rotatable bonds is 6. The molecule has 0 aliphatic rings. The lowest BCUT2D eigenvalue weighted by Crippen LogP contribution is -2.19. The van der Waals surface area contributed by atoms with E-state index in [1.165, 1.54) is 5.69 Å². The second-order valence-corrected chi connectivity index (χ2v) is 6.35. The van der Waals surface area contributed by atoms with Crippen molar-refractivity contribution in [3.8, 4) is 5.75 Å². The van der Waals surface area contributed by atoms with E-state index in [4.69, 9.17) is 10.5 Å². The fourth-order valence-corrected chi connectivity index (χ4v) is 3.03. The van der Waals surface area contributed by atoms with Crippen molar-refractivity contribution in [2.45, 2.75) is 32.7 Å². The van der Waals surface area contributed by atoms with Crippen LogP contribution in [-0.2, 0) is 19.9 Å². The smallest absolute Gasteiger partial charge is 0.125 e. The quantitative estimate of drug-likeness (QED) is 0.870. The van der Waals surface area contributed by atoms with Crippen LogP contribution in [0.5, 0.6) is 5.75 Å². The van der Waals surface area contributed by atoms with Crippen molar-refractivity contribution < 1.29 is 4.74 Å². The van der Waals surface area contributed by atoms with E-state index in [0.717, 1.165) is 34.2 Å². The van der Waals surface area contributed by atoms with E-state index in [1.807, 2.05) is 30.9 Å². The van der Waals surface area contributed by atoms with Gasteiger partial charge in [-0.1, -0.05) is 15.9 Å². The molecule has 114 valence electrons. The van der Waals surface area contributed by atoms with Gasteiger partial charge in [-0.15, -0.1) is 0 Å². The molecular formula is C16H22BrN3O. The molecule has 0 spiro atoms. The molecule has 2 aromatic rings. The predicted molar refractivity (Wildman–Crippen MR) is 88.6 cm³/mol. The monoisotopic (exact) mass is 351 g/mol. The third kappa shape index (κ3) is 4.32. The zero-order chi connectivity index (χ0) is 15.4. The maximum Gasteiger partial charge on any atom is 0.125 e. The van der Waals surface area contributed by atoms with Gasteiger partial charge in [-0.05, 0) is 49.6 Å². The molecule has 1 atom stereocenters. The van der Waals surface area contributed by atoms with Gasteiger partial charge in [-0.25, -0.2) is 0 Å². The molecule has 0 fully saturated rings. The fraction of sp³-hybridized carbons (Fsp3) is 0.438. The summed E-state index contributed by atoms with van der Waals surface area (Å²) in [7, 11) is 1.95. The van der Waals surface area contributed by atoms with E-state index in [-0.39, 0.29) is 6.04 Å². The van der Waals surface area contributed by atoms with E-state index in [0.29, 0.717) is 6.61 Å². The normalized spacial score (nSPS) is 12.4. The third-order valence-electron chi connectivity index (χ3n) is 3.39. The Hall–Kier alpha value is -1.33. The van der Waals surface area contributed by atoms with E-state index < -0.39 is 0 Å². The molecule has 4 nitrogen and oxygen atoms in total. The zero-order valence-electron chi connectivity index (χ0n) is 12.8. The molecular weight excluding hydrogens is 330 g/mol. The molecule has 1 unspecified atom stereocenters. The number of hydrogen-bond acceptors (Lipinski definition) is 3. The molecule has 0 aliphatic heterocycles. The van der Waals surface area contributed by atoms with Gasteiger partial charge in [0.1, 0.15) is 5.75 Å². The van der Waals surface area contributed by atoms with Crippen molar-refractivity contribution in [2.75, 3.05) is 6.61 Å². The van der Waals surface area contributed by atoms with Crippen LogP contribution in [0, 0.1) is 6.92 Å². The first kappa shape index (κ1) is 16.0. The van der Waals surface area contributed by atoms with Crippen molar-refractivity contribution in [3.63, 3.8) is 0 Å². The summed E-state index contributed by atoms with van der Waals surface area (Å²) in [6, 6.07) is 6.29. The van der Waals surface area contributed by atoms with Gasteiger partial charge in [0.15, 0.2) is 0 Å². The van der Waals surface area contributed by atoms with Crippen LogP contribution in [0.4, 0.5) is 0 Å². The summed E-state index contributed by atoms with van der Waals surface area (Å²) in [6.07, 6.45) is 3.45. The van der Waals surface area contributed by atoms with Gasteiger partial charge >= 0.3 is 0 Å². The van der Waals surface area contributed by atoms with Gasteiger partial charge in [0.25, 0.3) is 0 Å². The summed E-state index contributed by atoms with van der Waals surface area (Å²) >= 11 is 3.54. The maximum absolute atomic E-state index is 6.03. The highest BCUT2D eigenvalue weighted by atomic mass is 79.9. The number of aromatic nitrogens is 2. The van der Waals surface area contributed by atoms with Crippen LogP contribution < -0.4 is 10.5 Å². The molecule has 1 aromatic heterocycles. The molecule has 0 aliphatic carbocycles. The van der Waals surface area contributed by atoms with Gasteiger partial charge in [0.2, 0.25) is 0 Å². The van der Waals surface area contributed by atoms with Gasteiger partial charge in [-0.2, -0.15) is 5.10 Å². The summed E-state index contributed by atoms with van der Waals surface area (Å²) in [6.45, 7) is 4.71. The highest BCUT2D eigenvalue weighted by molar-refractivity contribution is 9.10. The number of halogens is 1. The van der Waals surface area contributed by atoms with Gasteiger partial charge in [0, 0.05) is 35.9 Å². The van der Waals surface area contributed by atoms with Crippen molar-refractivity contribution >= 4 is 15.9 Å². The average molecular weight is 352 g/mol. The van der Waals surface area contributed by atoms with Crippen molar-refractivity contribution in [2.24, 2.45) is 12.8 Å². The van der Waals surface area contributed by atoms with Gasteiger partial charge < -0.3 is 10.5 Å². The highest BCUT2D eigenvalue weighted by Crippen LogP contribution is 2.29. The van der Waals surface area contributed by atoms with Crippen molar-refractivity contribution in [1.82, 2.24) is 9.78 Å². The Morgan fingerprint density at radius 1 is 1.43 bits per heavy atom. The zero-order valence-corrected chi connectivity index (χ0v) is 14.4. The Kier molecular flexibility index (Phi) is 5.42. The van der Waals surface area contributed by atoms with Crippen LogP contribution in [0.15, 0.2) is 28.9 Å². The molecule has 0 saturated carbocycles. The minimum atomic E-state index is 0.109. The number of nitrogens with zero attached hydrogens (tertiary/aromatic N) is 2. The Morgan fingerprint density at radius 3 is 2.81 bits per heavy atom.